The lowest BCUT2D eigenvalue weighted by Gasteiger charge is -2.10. The molecule has 0 fully saturated rings. The first-order chi connectivity index (χ1) is 9.13. The summed E-state index contributed by atoms with van der Waals surface area (Å²) in [7, 11) is 1.51. The maximum Gasteiger partial charge on any atom is 0.167 e. The summed E-state index contributed by atoms with van der Waals surface area (Å²) in [5.74, 6) is 0.224. The van der Waals surface area contributed by atoms with E-state index in [1.807, 2.05) is 6.07 Å². The third-order valence-corrected chi connectivity index (χ3v) is 2.50. The Balaban J connectivity index is 2.33. The Hall–Kier alpha value is -2.74. The number of ether oxygens (including phenoxy) is 2. The Kier molecular flexibility index (Phi) is 3.53. The molecule has 0 aliphatic rings. The zero-order chi connectivity index (χ0) is 13.8. The molecule has 2 aromatic rings. The van der Waals surface area contributed by atoms with Crippen LogP contribution in [-0.4, -0.2) is 7.11 Å². The van der Waals surface area contributed by atoms with E-state index in [1.54, 1.807) is 18.2 Å². The molecular weight excluding hydrogens is 247 g/mol. The van der Waals surface area contributed by atoms with Crippen molar-refractivity contribution in [2.45, 2.75) is 0 Å². The maximum atomic E-state index is 13.7. The average Bonchev–Trinajstić information content (AvgIpc) is 2.43. The van der Waals surface area contributed by atoms with Crippen LogP contribution in [0.15, 0.2) is 36.4 Å². The molecular formula is C14H11FN2O2. The van der Waals surface area contributed by atoms with Gasteiger partial charge in [0.25, 0.3) is 0 Å². The smallest absolute Gasteiger partial charge is 0.167 e. The molecule has 0 spiro atoms. The monoisotopic (exact) mass is 258 g/mol. The number of nitrogens with two attached hydrogens (primary N) is 1. The highest BCUT2D eigenvalue weighted by Crippen LogP contribution is 2.32. The summed E-state index contributed by atoms with van der Waals surface area (Å²) in [6, 6.07) is 10.6. The van der Waals surface area contributed by atoms with E-state index in [0.717, 1.165) is 6.07 Å². The Morgan fingerprint density at radius 2 is 1.95 bits per heavy atom. The van der Waals surface area contributed by atoms with Crippen molar-refractivity contribution in [1.29, 1.82) is 5.26 Å². The molecule has 0 heterocycles. The van der Waals surface area contributed by atoms with Gasteiger partial charge in [-0.05, 0) is 30.3 Å². The van der Waals surface area contributed by atoms with Gasteiger partial charge < -0.3 is 15.2 Å². The second-order valence-corrected chi connectivity index (χ2v) is 3.76. The van der Waals surface area contributed by atoms with Gasteiger partial charge in [-0.1, -0.05) is 0 Å². The van der Waals surface area contributed by atoms with Crippen LogP contribution in [0.4, 0.5) is 10.1 Å². The highest BCUT2D eigenvalue weighted by Gasteiger charge is 2.09. The number of halogens is 1. The predicted octanol–water partition coefficient (Wildman–Crippen LogP) is 3.08. The van der Waals surface area contributed by atoms with Gasteiger partial charge in [0.05, 0.1) is 24.4 Å². The van der Waals surface area contributed by atoms with Crippen molar-refractivity contribution in [1.82, 2.24) is 0 Å². The number of benzene rings is 2. The van der Waals surface area contributed by atoms with Crippen LogP contribution in [0, 0.1) is 17.1 Å². The molecule has 0 aliphatic heterocycles. The van der Waals surface area contributed by atoms with E-state index in [-0.39, 0.29) is 11.3 Å². The van der Waals surface area contributed by atoms with Gasteiger partial charge in [0.15, 0.2) is 17.3 Å². The van der Waals surface area contributed by atoms with Gasteiger partial charge in [-0.2, -0.15) is 5.26 Å². The van der Waals surface area contributed by atoms with Crippen LogP contribution in [0.1, 0.15) is 5.56 Å². The van der Waals surface area contributed by atoms with E-state index in [4.69, 9.17) is 20.5 Å². The Bertz CT molecular complexity index is 650. The molecule has 96 valence electrons. The number of hydrogen-bond donors (Lipinski definition) is 1. The minimum Gasteiger partial charge on any atom is -0.497 e. The van der Waals surface area contributed by atoms with E-state index < -0.39 is 5.82 Å². The summed E-state index contributed by atoms with van der Waals surface area (Å²) in [6.07, 6.45) is 0. The van der Waals surface area contributed by atoms with Crippen molar-refractivity contribution in [2.24, 2.45) is 0 Å². The summed E-state index contributed by atoms with van der Waals surface area (Å²) in [4.78, 5) is 0. The zero-order valence-corrected chi connectivity index (χ0v) is 10.2. The van der Waals surface area contributed by atoms with Crippen molar-refractivity contribution in [2.75, 3.05) is 12.8 Å². The normalized spacial score (nSPS) is 9.74. The van der Waals surface area contributed by atoms with Gasteiger partial charge in [-0.3, -0.25) is 0 Å². The lowest BCUT2D eigenvalue weighted by Crippen LogP contribution is -1.95. The first-order valence-electron chi connectivity index (χ1n) is 5.45. The van der Waals surface area contributed by atoms with E-state index in [9.17, 15) is 4.39 Å². The van der Waals surface area contributed by atoms with Crippen LogP contribution >= 0.6 is 0 Å². The molecule has 0 radical (unpaired) electrons. The third kappa shape index (κ3) is 2.75. The van der Waals surface area contributed by atoms with Gasteiger partial charge in [0.2, 0.25) is 0 Å². The minimum atomic E-state index is -0.624. The molecule has 2 N–H and O–H groups in total. The van der Waals surface area contributed by atoms with Crippen LogP contribution in [0.5, 0.6) is 17.2 Å². The number of anilines is 1. The molecule has 19 heavy (non-hydrogen) atoms. The molecule has 0 unspecified atom stereocenters. The van der Waals surface area contributed by atoms with Gasteiger partial charge in [-0.25, -0.2) is 4.39 Å². The van der Waals surface area contributed by atoms with Crippen molar-refractivity contribution in [3.63, 3.8) is 0 Å². The molecule has 0 atom stereocenters. The number of hydrogen-bond acceptors (Lipinski definition) is 4. The molecule has 0 aromatic heterocycles. The SMILES string of the molecule is COc1ccc(N)c(Oc2ccc(C#N)cc2F)c1. The molecule has 0 saturated heterocycles. The second kappa shape index (κ2) is 5.27. The number of nitriles is 1. The fourth-order valence-electron chi connectivity index (χ4n) is 1.50. The molecule has 0 amide bonds. The fourth-order valence-corrected chi connectivity index (χ4v) is 1.50. The second-order valence-electron chi connectivity index (χ2n) is 3.76. The van der Waals surface area contributed by atoms with Crippen LogP contribution in [0.25, 0.3) is 0 Å². The molecule has 0 bridgehead atoms. The zero-order valence-electron chi connectivity index (χ0n) is 10.2. The van der Waals surface area contributed by atoms with Crippen molar-refractivity contribution in [3.8, 4) is 23.3 Å². The van der Waals surface area contributed by atoms with Crippen molar-refractivity contribution in [3.05, 3.63) is 47.8 Å². The maximum absolute atomic E-state index is 13.7. The summed E-state index contributed by atoms with van der Waals surface area (Å²) in [6.45, 7) is 0. The van der Waals surface area contributed by atoms with Gasteiger partial charge in [0, 0.05) is 6.07 Å². The Morgan fingerprint density at radius 1 is 1.16 bits per heavy atom. The highest BCUT2D eigenvalue weighted by atomic mass is 19.1. The molecule has 5 heteroatoms. The van der Waals surface area contributed by atoms with E-state index in [2.05, 4.69) is 0 Å². The Morgan fingerprint density at radius 3 is 2.58 bits per heavy atom. The van der Waals surface area contributed by atoms with Gasteiger partial charge in [-0.15, -0.1) is 0 Å². The van der Waals surface area contributed by atoms with E-state index in [0.29, 0.717) is 17.2 Å². The quantitative estimate of drug-likeness (QED) is 0.859. The molecule has 0 saturated carbocycles. The summed E-state index contributed by atoms with van der Waals surface area (Å²) in [5.41, 5.74) is 6.33. The summed E-state index contributed by atoms with van der Waals surface area (Å²) >= 11 is 0. The molecule has 4 nitrogen and oxygen atoms in total. The number of nitrogens with zero attached hydrogens (tertiary/aromatic N) is 1. The molecule has 2 rings (SSSR count). The third-order valence-electron chi connectivity index (χ3n) is 2.50. The van der Waals surface area contributed by atoms with E-state index in [1.165, 1.54) is 19.2 Å². The predicted molar refractivity (Wildman–Crippen MR) is 68.6 cm³/mol. The number of rotatable bonds is 3. The van der Waals surface area contributed by atoms with Crippen LogP contribution < -0.4 is 15.2 Å². The van der Waals surface area contributed by atoms with Crippen molar-refractivity contribution >= 4 is 5.69 Å². The van der Waals surface area contributed by atoms with E-state index >= 15 is 0 Å². The molecule has 0 aliphatic carbocycles. The van der Waals surface area contributed by atoms with Crippen LogP contribution in [-0.2, 0) is 0 Å². The summed E-state index contributed by atoms with van der Waals surface area (Å²) in [5, 5.41) is 8.66. The fraction of sp³-hybridized carbons (Fsp3) is 0.0714. The van der Waals surface area contributed by atoms with Gasteiger partial charge in [0.1, 0.15) is 5.75 Å². The number of nitrogen functional groups attached to an aromatic ring is 1. The number of methoxy groups -OCH3 is 1. The first-order valence-corrected chi connectivity index (χ1v) is 5.45. The highest BCUT2D eigenvalue weighted by molar-refractivity contribution is 5.57. The largest absolute Gasteiger partial charge is 0.497 e. The molecule has 2 aromatic carbocycles. The van der Waals surface area contributed by atoms with Crippen molar-refractivity contribution < 1.29 is 13.9 Å². The Labute approximate surface area is 109 Å². The first kappa shape index (κ1) is 12.7. The summed E-state index contributed by atoms with van der Waals surface area (Å²) < 4.78 is 24.1. The van der Waals surface area contributed by atoms with Gasteiger partial charge >= 0.3 is 0 Å². The van der Waals surface area contributed by atoms with Crippen LogP contribution in [0.3, 0.4) is 0 Å². The lowest BCUT2D eigenvalue weighted by molar-refractivity contribution is 0.406. The lowest BCUT2D eigenvalue weighted by atomic mass is 10.2. The average molecular weight is 258 g/mol. The topological polar surface area (TPSA) is 68.3 Å². The van der Waals surface area contributed by atoms with Crippen LogP contribution in [0.2, 0.25) is 0 Å². The minimum absolute atomic E-state index is 0.000969. The standard InChI is InChI=1S/C14H11FN2O2/c1-18-10-3-4-12(17)14(7-10)19-13-5-2-9(8-16)6-11(13)15/h2-7H,17H2,1H3.